The minimum atomic E-state index is 0.419. The van der Waals surface area contributed by atoms with Crippen molar-refractivity contribution < 1.29 is 0 Å². The summed E-state index contributed by atoms with van der Waals surface area (Å²) in [6.45, 7) is 2.34. The summed E-state index contributed by atoms with van der Waals surface area (Å²) in [6.07, 6.45) is 5.99. The van der Waals surface area contributed by atoms with E-state index in [4.69, 9.17) is 18.0 Å². The quantitative estimate of drug-likeness (QED) is 0.811. The number of hydrogen-bond donors (Lipinski definition) is 1. The number of pyridine rings is 1. The van der Waals surface area contributed by atoms with Gasteiger partial charge in [0.15, 0.2) is 0 Å². The molecule has 1 saturated heterocycles. The van der Waals surface area contributed by atoms with Gasteiger partial charge in [0.05, 0.1) is 0 Å². The molecule has 0 radical (unpaired) electrons. The number of nitrogens with zero attached hydrogens (tertiary/aromatic N) is 2. The fourth-order valence-corrected chi connectivity index (χ4v) is 3.26. The Kier molecular flexibility index (Phi) is 2.74. The Morgan fingerprint density at radius 1 is 1.29 bits per heavy atom. The molecule has 17 heavy (non-hydrogen) atoms. The van der Waals surface area contributed by atoms with Gasteiger partial charge >= 0.3 is 0 Å². The van der Waals surface area contributed by atoms with Crippen LogP contribution in [0.4, 0.5) is 5.82 Å². The minimum absolute atomic E-state index is 0.419. The normalized spacial score (nSPS) is 27.2. The molecule has 0 amide bonds. The van der Waals surface area contributed by atoms with Gasteiger partial charge in [0, 0.05) is 24.8 Å². The first kappa shape index (κ1) is 11.0. The fraction of sp³-hybridized carbons (Fsp3) is 0.538. The topological polar surface area (TPSA) is 42.1 Å². The van der Waals surface area contributed by atoms with Gasteiger partial charge in [0.1, 0.15) is 10.8 Å². The fourth-order valence-electron chi connectivity index (χ4n) is 3.14. The van der Waals surface area contributed by atoms with Crippen molar-refractivity contribution in [1.29, 1.82) is 0 Å². The molecule has 3 nitrogen and oxygen atoms in total. The van der Waals surface area contributed by atoms with Gasteiger partial charge in [-0.2, -0.15) is 0 Å². The number of thiocarbonyl (C=S) groups is 1. The highest BCUT2D eigenvalue weighted by Gasteiger charge is 2.36. The molecule has 2 N–H and O–H groups in total. The standard InChI is InChI=1S/C13H17N3S/c14-13(17)9-4-5-12(15-6-9)16-7-10-2-1-3-11(10)8-16/h4-6,10-11H,1-3,7-8H2,(H2,14,17). The Morgan fingerprint density at radius 2 is 2.00 bits per heavy atom. The van der Waals surface area contributed by atoms with Gasteiger partial charge in [-0.15, -0.1) is 0 Å². The van der Waals surface area contributed by atoms with Gasteiger partial charge in [0.2, 0.25) is 0 Å². The molecule has 2 aliphatic rings. The first-order valence-electron chi connectivity index (χ1n) is 6.25. The van der Waals surface area contributed by atoms with Gasteiger partial charge in [-0.3, -0.25) is 0 Å². The third kappa shape index (κ3) is 2.02. The van der Waals surface area contributed by atoms with Gasteiger partial charge in [-0.25, -0.2) is 4.98 Å². The minimum Gasteiger partial charge on any atom is -0.389 e. The average molecular weight is 247 g/mol. The maximum Gasteiger partial charge on any atom is 0.128 e. The van der Waals surface area contributed by atoms with E-state index in [-0.39, 0.29) is 0 Å². The molecule has 3 rings (SSSR count). The van der Waals surface area contributed by atoms with Crippen molar-refractivity contribution in [2.45, 2.75) is 19.3 Å². The van der Waals surface area contributed by atoms with Crippen LogP contribution in [0.15, 0.2) is 18.3 Å². The van der Waals surface area contributed by atoms with E-state index in [0.29, 0.717) is 4.99 Å². The second-order valence-electron chi connectivity index (χ2n) is 5.13. The van der Waals surface area contributed by atoms with Gasteiger partial charge in [-0.05, 0) is 36.8 Å². The molecular weight excluding hydrogens is 230 g/mol. The zero-order valence-electron chi connectivity index (χ0n) is 9.80. The van der Waals surface area contributed by atoms with Crippen LogP contribution in [0.25, 0.3) is 0 Å². The first-order valence-corrected chi connectivity index (χ1v) is 6.65. The summed E-state index contributed by atoms with van der Waals surface area (Å²) in [4.78, 5) is 7.29. The maximum absolute atomic E-state index is 5.57. The molecule has 1 saturated carbocycles. The van der Waals surface area contributed by atoms with Crippen LogP contribution >= 0.6 is 12.2 Å². The van der Waals surface area contributed by atoms with Crippen molar-refractivity contribution in [2.75, 3.05) is 18.0 Å². The zero-order valence-corrected chi connectivity index (χ0v) is 10.6. The van der Waals surface area contributed by atoms with Crippen molar-refractivity contribution in [3.05, 3.63) is 23.9 Å². The zero-order chi connectivity index (χ0) is 11.8. The molecule has 1 aliphatic carbocycles. The van der Waals surface area contributed by atoms with Crippen molar-refractivity contribution >= 4 is 23.0 Å². The summed E-state index contributed by atoms with van der Waals surface area (Å²) in [5.41, 5.74) is 6.42. The summed E-state index contributed by atoms with van der Waals surface area (Å²) in [5.74, 6) is 2.86. The molecule has 2 fully saturated rings. The van der Waals surface area contributed by atoms with Crippen LogP contribution in [-0.2, 0) is 0 Å². The van der Waals surface area contributed by atoms with Crippen LogP contribution < -0.4 is 10.6 Å². The van der Waals surface area contributed by atoms with E-state index in [1.165, 1.54) is 32.4 Å². The number of rotatable bonds is 2. The molecule has 90 valence electrons. The van der Waals surface area contributed by atoms with Crippen molar-refractivity contribution in [2.24, 2.45) is 17.6 Å². The Morgan fingerprint density at radius 3 is 2.53 bits per heavy atom. The molecule has 0 spiro atoms. The highest BCUT2D eigenvalue weighted by Crippen LogP contribution is 2.38. The van der Waals surface area contributed by atoms with Crippen molar-refractivity contribution in [3.8, 4) is 0 Å². The summed E-state index contributed by atoms with van der Waals surface area (Å²) in [6, 6.07) is 4.01. The van der Waals surface area contributed by atoms with Gasteiger partial charge in [0.25, 0.3) is 0 Å². The van der Waals surface area contributed by atoms with E-state index in [2.05, 4.69) is 9.88 Å². The molecule has 2 atom stereocenters. The number of aromatic nitrogens is 1. The van der Waals surface area contributed by atoms with Crippen LogP contribution in [0.2, 0.25) is 0 Å². The van der Waals surface area contributed by atoms with E-state index in [1.807, 2.05) is 12.1 Å². The number of nitrogens with two attached hydrogens (primary N) is 1. The first-order chi connectivity index (χ1) is 8.24. The monoisotopic (exact) mass is 247 g/mol. The van der Waals surface area contributed by atoms with Crippen LogP contribution in [0, 0.1) is 11.8 Å². The Bertz CT molecular complexity index is 417. The van der Waals surface area contributed by atoms with Crippen LogP contribution in [0.5, 0.6) is 0 Å². The second-order valence-corrected chi connectivity index (χ2v) is 5.57. The third-order valence-electron chi connectivity index (χ3n) is 4.08. The summed E-state index contributed by atoms with van der Waals surface area (Å²) in [5, 5.41) is 0. The van der Waals surface area contributed by atoms with Crippen molar-refractivity contribution in [3.63, 3.8) is 0 Å². The lowest BCUT2D eigenvalue weighted by atomic mass is 10.0. The molecule has 4 heteroatoms. The predicted molar refractivity (Wildman–Crippen MR) is 73.2 cm³/mol. The van der Waals surface area contributed by atoms with Crippen LogP contribution in [0.1, 0.15) is 24.8 Å². The summed E-state index contributed by atoms with van der Waals surface area (Å²) >= 11 is 4.93. The van der Waals surface area contributed by atoms with E-state index in [9.17, 15) is 0 Å². The SMILES string of the molecule is NC(=S)c1ccc(N2CC3CCCC3C2)nc1. The highest BCUT2D eigenvalue weighted by molar-refractivity contribution is 7.80. The van der Waals surface area contributed by atoms with Crippen molar-refractivity contribution in [1.82, 2.24) is 4.98 Å². The lowest BCUT2D eigenvalue weighted by molar-refractivity contribution is 0.494. The van der Waals surface area contributed by atoms with E-state index < -0.39 is 0 Å². The van der Waals surface area contributed by atoms with Crippen LogP contribution in [0.3, 0.4) is 0 Å². The largest absolute Gasteiger partial charge is 0.389 e. The number of fused-ring (bicyclic) bond motifs is 1. The summed E-state index contributed by atoms with van der Waals surface area (Å²) < 4.78 is 0. The van der Waals surface area contributed by atoms with Gasteiger partial charge < -0.3 is 10.6 Å². The number of anilines is 1. The molecule has 1 aromatic rings. The van der Waals surface area contributed by atoms with Crippen LogP contribution in [-0.4, -0.2) is 23.1 Å². The van der Waals surface area contributed by atoms with E-state index >= 15 is 0 Å². The Balaban J connectivity index is 1.75. The molecular formula is C13H17N3S. The van der Waals surface area contributed by atoms with E-state index in [1.54, 1.807) is 6.20 Å². The smallest absolute Gasteiger partial charge is 0.128 e. The van der Waals surface area contributed by atoms with E-state index in [0.717, 1.165) is 23.2 Å². The molecule has 0 bridgehead atoms. The Labute approximate surface area is 107 Å². The second kappa shape index (κ2) is 4.26. The van der Waals surface area contributed by atoms with Gasteiger partial charge in [-0.1, -0.05) is 18.6 Å². The lowest BCUT2D eigenvalue weighted by Crippen LogP contribution is -2.22. The number of hydrogen-bond acceptors (Lipinski definition) is 3. The molecule has 2 heterocycles. The summed E-state index contributed by atoms with van der Waals surface area (Å²) in [7, 11) is 0. The predicted octanol–water partition coefficient (Wildman–Crippen LogP) is 1.95. The molecule has 0 aromatic carbocycles. The average Bonchev–Trinajstić information content (AvgIpc) is 2.89. The highest BCUT2D eigenvalue weighted by atomic mass is 32.1. The molecule has 1 aromatic heterocycles. The third-order valence-corrected chi connectivity index (χ3v) is 4.32. The Hall–Kier alpha value is -1.16. The molecule has 1 aliphatic heterocycles. The maximum atomic E-state index is 5.57. The lowest BCUT2D eigenvalue weighted by Gasteiger charge is -2.18. The molecule has 2 unspecified atom stereocenters.